The van der Waals surface area contributed by atoms with Gasteiger partial charge in [0.05, 0.1) is 6.54 Å². The lowest BCUT2D eigenvalue weighted by Gasteiger charge is -2.20. The van der Waals surface area contributed by atoms with Crippen molar-refractivity contribution in [3.8, 4) is 0 Å². The number of carboxylic acid groups (broad SMARTS) is 1. The monoisotopic (exact) mass is 531 g/mol. The first-order valence-electron chi connectivity index (χ1n) is 11.2. The molecule has 11 nitrogen and oxygen atoms in total. The maximum atomic E-state index is 11.6. The van der Waals surface area contributed by atoms with Crippen molar-refractivity contribution in [2.75, 3.05) is 17.3 Å². The van der Waals surface area contributed by atoms with Gasteiger partial charge in [-0.2, -0.15) is 0 Å². The molecule has 0 radical (unpaired) electrons. The van der Waals surface area contributed by atoms with E-state index in [1.54, 1.807) is 24.3 Å². The van der Waals surface area contributed by atoms with Gasteiger partial charge in [0.2, 0.25) is 0 Å². The molecule has 3 aromatic rings. The van der Waals surface area contributed by atoms with Crippen LogP contribution in [0.25, 0.3) is 0 Å². The smallest absolute Gasteiger partial charge is 0.434 e. The zero-order valence-corrected chi connectivity index (χ0v) is 22.0. The molecule has 2 amide bonds. The highest BCUT2D eigenvalue weighted by molar-refractivity contribution is 6.17. The molecular formula is C25H30ClN5O6. The number of amides is 2. The summed E-state index contributed by atoms with van der Waals surface area (Å²) in [5.41, 5.74) is 3.45. The fraction of sp³-hybridized carbons (Fsp3) is 0.320. The van der Waals surface area contributed by atoms with E-state index in [2.05, 4.69) is 10.3 Å². The highest BCUT2D eigenvalue weighted by atomic mass is 35.5. The van der Waals surface area contributed by atoms with E-state index in [-0.39, 0.29) is 12.5 Å². The van der Waals surface area contributed by atoms with Crippen LogP contribution in [0.4, 0.5) is 26.9 Å². The van der Waals surface area contributed by atoms with Crippen LogP contribution >= 0.6 is 11.6 Å². The van der Waals surface area contributed by atoms with Crippen molar-refractivity contribution in [3.05, 3.63) is 81.7 Å². The summed E-state index contributed by atoms with van der Waals surface area (Å²) >= 11 is 5.80. The molecule has 1 aromatic heterocycles. The quantitative estimate of drug-likeness (QED) is 0.224. The Balaban J connectivity index is 0.000000264. The molecule has 0 saturated heterocycles. The Hall–Kier alpha value is -4.12. The molecule has 0 fully saturated rings. The molecule has 0 aliphatic heterocycles. The number of hydrogen-bond acceptors (Lipinski definition) is 6. The summed E-state index contributed by atoms with van der Waals surface area (Å²) in [4.78, 5) is 37.5. The molecule has 0 saturated carbocycles. The molecule has 198 valence electrons. The summed E-state index contributed by atoms with van der Waals surface area (Å²) in [6, 6.07) is 12.4. The van der Waals surface area contributed by atoms with Gasteiger partial charge in [0, 0.05) is 24.3 Å². The maximum Gasteiger partial charge on any atom is 0.434 e. The number of nitrogens with one attached hydrogen (secondary N) is 1. The average molecular weight is 532 g/mol. The fourth-order valence-corrected chi connectivity index (χ4v) is 3.43. The highest BCUT2D eigenvalue weighted by Crippen LogP contribution is 2.21. The second kappa shape index (κ2) is 12.7. The van der Waals surface area contributed by atoms with E-state index >= 15 is 0 Å². The molecule has 37 heavy (non-hydrogen) atoms. The third-order valence-electron chi connectivity index (χ3n) is 5.02. The van der Waals surface area contributed by atoms with Crippen LogP contribution in [0, 0.1) is 17.0 Å². The van der Waals surface area contributed by atoms with E-state index in [1.807, 2.05) is 45.9 Å². The van der Waals surface area contributed by atoms with E-state index < -0.39 is 22.7 Å². The Bertz CT molecular complexity index is 1250. The third-order valence-corrected chi connectivity index (χ3v) is 5.31. The number of carbonyl (C=O) groups excluding carboxylic acids is 1. The number of imidazole rings is 1. The lowest BCUT2D eigenvalue weighted by molar-refractivity contribution is -0.396. The topological polar surface area (TPSA) is 140 Å². The minimum Gasteiger partial charge on any atom is -0.465 e. The number of nitro groups is 1. The molecular weight excluding hydrogens is 502 g/mol. The molecule has 0 unspecified atom stereocenters. The van der Waals surface area contributed by atoms with Gasteiger partial charge in [-0.3, -0.25) is 10.2 Å². The Morgan fingerprint density at radius 3 is 2.51 bits per heavy atom. The van der Waals surface area contributed by atoms with Crippen LogP contribution in [0.1, 0.15) is 37.5 Å². The lowest BCUT2D eigenvalue weighted by atomic mass is 10.1. The summed E-state index contributed by atoms with van der Waals surface area (Å²) in [6.45, 7) is 7.65. The number of alkyl halides is 1. The maximum absolute atomic E-state index is 11.6. The number of benzene rings is 2. The molecule has 12 heteroatoms. The van der Waals surface area contributed by atoms with Crippen LogP contribution in [0.15, 0.2) is 54.9 Å². The summed E-state index contributed by atoms with van der Waals surface area (Å²) in [5.74, 6) is 0.178. The van der Waals surface area contributed by atoms with Gasteiger partial charge in [0.1, 0.15) is 18.0 Å². The number of hydrogen-bond donors (Lipinski definition) is 2. The average Bonchev–Trinajstić information content (AvgIpc) is 3.27. The van der Waals surface area contributed by atoms with Crippen molar-refractivity contribution >= 4 is 41.1 Å². The number of aromatic nitrogens is 2. The first kappa shape index (κ1) is 29.1. The number of halogens is 1. The molecule has 0 atom stereocenters. The normalized spacial score (nSPS) is 10.6. The second-order valence-electron chi connectivity index (χ2n) is 8.97. The first-order valence-corrected chi connectivity index (χ1v) is 11.7. The number of rotatable bonds is 6. The predicted octanol–water partition coefficient (Wildman–Crippen LogP) is 6.03. The largest absolute Gasteiger partial charge is 0.465 e. The van der Waals surface area contributed by atoms with E-state index in [0.29, 0.717) is 11.6 Å². The highest BCUT2D eigenvalue weighted by Gasteiger charge is 2.17. The number of anilines is 2. The minimum atomic E-state index is -1.07. The molecule has 2 aromatic carbocycles. The van der Waals surface area contributed by atoms with Gasteiger partial charge in [-0.1, -0.05) is 29.2 Å². The molecule has 0 aliphatic carbocycles. The van der Waals surface area contributed by atoms with Crippen molar-refractivity contribution in [3.63, 3.8) is 0 Å². The lowest BCUT2D eigenvalue weighted by Crippen LogP contribution is -2.27. The van der Waals surface area contributed by atoms with Crippen LogP contribution in [0.3, 0.4) is 0 Å². The van der Waals surface area contributed by atoms with Gasteiger partial charge < -0.3 is 20.0 Å². The Labute approximate surface area is 219 Å². The summed E-state index contributed by atoms with van der Waals surface area (Å²) in [5, 5.41) is 22.4. The van der Waals surface area contributed by atoms with E-state index in [9.17, 15) is 19.7 Å². The molecule has 2 N–H and O–H groups in total. The summed E-state index contributed by atoms with van der Waals surface area (Å²) in [6.07, 6.45) is 1.33. The van der Waals surface area contributed by atoms with Gasteiger partial charge in [0.25, 0.3) is 0 Å². The molecule has 0 bridgehead atoms. The van der Waals surface area contributed by atoms with Crippen molar-refractivity contribution in [1.29, 1.82) is 0 Å². The zero-order valence-electron chi connectivity index (χ0n) is 21.3. The fourth-order valence-electron chi connectivity index (χ4n) is 3.14. The number of carbonyl (C=O) groups is 2. The number of ether oxygens (including phenoxy) is 1. The molecule has 0 spiro atoms. The van der Waals surface area contributed by atoms with E-state index in [1.165, 1.54) is 24.0 Å². The van der Waals surface area contributed by atoms with Crippen molar-refractivity contribution in [2.45, 2.75) is 45.7 Å². The standard InChI is InChI=1S/C13H18ClNO2.C12H12N4O4/c1-9-10(8-14)6-5-7-11(9)15-12(16)17-13(2,3)4;1-14(12(17)18)10-4-2-3-9(7-10)8-15-6-5-13-11(15)16(19)20/h5-7H,8H2,1-4H3,(H,15,16);2-7H,8H2,1H3,(H,17,18). The Kier molecular flexibility index (Phi) is 10.0. The van der Waals surface area contributed by atoms with Gasteiger partial charge in [-0.15, -0.1) is 11.6 Å². The van der Waals surface area contributed by atoms with Crippen molar-refractivity contribution in [1.82, 2.24) is 9.55 Å². The second-order valence-corrected chi connectivity index (χ2v) is 9.24. The van der Waals surface area contributed by atoms with E-state index in [0.717, 1.165) is 27.3 Å². The molecule has 1 heterocycles. The third kappa shape index (κ3) is 8.80. The van der Waals surface area contributed by atoms with Crippen LogP contribution in [-0.4, -0.2) is 44.4 Å². The Morgan fingerprint density at radius 1 is 1.24 bits per heavy atom. The first-order chi connectivity index (χ1) is 17.3. The molecule has 0 aliphatic rings. The van der Waals surface area contributed by atoms with Gasteiger partial charge in [-0.05, 0) is 67.5 Å². The van der Waals surface area contributed by atoms with Crippen molar-refractivity contribution < 1.29 is 24.4 Å². The van der Waals surface area contributed by atoms with Crippen LogP contribution < -0.4 is 10.2 Å². The van der Waals surface area contributed by atoms with Crippen LogP contribution in [-0.2, 0) is 17.2 Å². The minimum absolute atomic E-state index is 0.248. The van der Waals surface area contributed by atoms with Gasteiger partial charge >= 0.3 is 18.1 Å². The molecule has 3 rings (SSSR count). The van der Waals surface area contributed by atoms with Crippen LogP contribution in [0.5, 0.6) is 0 Å². The summed E-state index contributed by atoms with van der Waals surface area (Å²) < 4.78 is 6.58. The van der Waals surface area contributed by atoms with Gasteiger partial charge in [-0.25, -0.2) is 14.2 Å². The number of nitrogens with zero attached hydrogens (tertiary/aromatic N) is 4. The van der Waals surface area contributed by atoms with Gasteiger partial charge in [0.15, 0.2) is 0 Å². The van der Waals surface area contributed by atoms with E-state index in [4.69, 9.17) is 21.4 Å². The summed E-state index contributed by atoms with van der Waals surface area (Å²) in [7, 11) is 1.43. The zero-order chi connectivity index (χ0) is 27.8. The van der Waals surface area contributed by atoms with Crippen molar-refractivity contribution in [2.24, 2.45) is 0 Å². The Morgan fingerprint density at radius 2 is 1.92 bits per heavy atom. The predicted molar refractivity (Wildman–Crippen MR) is 141 cm³/mol. The van der Waals surface area contributed by atoms with Crippen LogP contribution in [0.2, 0.25) is 0 Å². The SMILES string of the molecule is CN(C(=O)O)c1cccc(Cn2ccnc2[N+](=O)[O-])c1.Cc1c(CCl)cccc1NC(=O)OC(C)(C)C.